The van der Waals surface area contributed by atoms with Gasteiger partial charge < -0.3 is 4.74 Å². The molecule has 5 nitrogen and oxygen atoms in total. The molecular formula is C15H18N4O. The minimum atomic E-state index is 0.0486. The molecule has 1 aromatic heterocycles. The lowest BCUT2D eigenvalue weighted by molar-refractivity contribution is 0.0453. The van der Waals surface area contributed by atoms with Gasteiger partial charge in [0.1, 0.15) is 24.0 Å². The lowest BCUT2D eigenvalue weighted by atomic mass is 9.94. The van der Waals surface area contributed by atoms with Crippen LogP contribution >= 0.6 is 0 Å². The van der Waals surface area contributed by atoms with Crippen LogP contribution in [0.4, 0.5) is 0 Å². The van der Waals surface area contributed by atoms with Gasteiger partial charge in [0.15, 0.2) is 0 Å². The smallest absolute Gasteiger partial charge is 0.138 e. The summed E-state index contributed by atoms with van der Waals surface area (Å²) in [6, 6.07) is 8.11. The zero-order valence-corrected chi connectivity index (χ0v) is 11.4. The van der Waals surface area contributed by atoms with Gasteiger partial charge in [0, 0.05) is 19.5 Å². The molecule has 0 spiro atoms. The zero-order valence-electron chi connectivity index (χ0n) is 11.4. The number of rotatable bonds is 3. The van der Waals surface area contributed by atoms with E-state index in [4.69, 9.17) is 4.74 Å². The molecule has 2 fully saturated rings. The predicted octanol–water partition coefficient (Wildman–Crippen LogP) is 1.88. The van der Waals surface area contributed by atoms with Gasteiger partial charge in [0.05, 0.1) is 5.69 Å². The molecule has 2 atom stereocenters. The fourth-order valence-corrected chi connectivity index (χ4v) is 3.34. The van der Waals surface area contributed by atoms with E-state index >= 15 is 0 Å². The van der Waals surface area contributed by atoms with Crippen LogP contribution in [0, 0.1) is 0 Å². The van der Waals surface area contributed by atoms with E-state index in [2.05, 4.69) is 15.0 Å². The third-order valence-electron chi connectivity index (χ3n) is 4.36. The van der Waals surface area contributed by atoms with Crippen molar-refractivity contribution < 1.29 is 4.74 Å². The normalized spacial score (nSPS) is 28.5. The number of aromatic nitrogens is 3. The van der Waals surface area contributed by atoms with E-state index in [1.165, 1.54) is 25.9 Å². The van der Waals surface area contributed by atoms with Crippen molar-refractivity contribution in [3.63, 3.8) is 0 Å². The van der Waals surface area contributed by atoms with Crippen LogP contribution in [-0.4, -0.2) is 44.9 Å². The Labute approximate surface area is 118 Å². The monoisotopic (exact) mass is 270 g/mol. The van der Waals surface area contributed by atoms with Crippen LogP contribution in [0.1, 0.15) is 19.3 Å². The molecule has 0 saturated carbocycles. The first-order valence-corrected chi connectivity index (χ1v) is 7.20. The number of nitrogens with zero attached hydrogens (tertiary/aromatic N) is 4. The Morgan fingerprint density at radius 1 is 1.10 bits per heavy atom. The van der Waals surface area contributed by atoms with Gasteiger partial charge in [-0.15, -0.1) is 0 Å². The van der Waals surface area contributed by atoms with Crippen molar-refractivity contribution in [3.05, 3.63) is 36.9 Å². The Morgan fingerprint density at radius 2 is 2.00 bits per heavy atom. The highest BCUT2D eigenvalue weighted by Crippen LogP contribution is 2.35. The average molecular weight is 270 g/mol. The maximum absolute atomic E-state index is 6.32. The van der Waals surface area contributed by atoms with Crippen molar-refractivity contribution in [2.75, 3.05) is 19.6 Å². The van der Waals surface area contributed by atoms with E-state index in [0.29, 0.717) is 0 Å². The third-order valence-corrected chi connectivity index (χ3v) is 4.36. The van der Waals surface area contributed by atoms with Crippen LogP contribution in [0.5, 0.6) is 5.75 Å². The van der Waals surface area contributed by atoms with E-state index in [0.717, 1.165) is 24.4 Å². The summed E-state index contributed by atoms with van der Waals surface area (Å²) in [5, 5.41) is 4.13. The standard InChI is InChI=1S/C15H18N4O/c1-6-15(7-9-18(8-1)10-15)20-14-4-2-13(3-5-14)19-12-16-11-17-19/h2-5,11-12H,1,6-10H2/t15-/m1/s1. The van der Waals surface area contributed by atoms with Gasteiger partial charge in [-0.2, -0.15) is 5.10 Å². The van der Waals surface area contributed by atoms with Gasteiger partial charge in [-0.1, -0.05) is 0 Å². The lowest BCUT2D eigenvalue weighted by Gasteiger charge is -2.34. The minimum Gasteiger partial charge on any atom is -0.486 e. The van der Waals surface area contributed by atoms with E-state index in [9.17, 15) is 0 Å². The van der Waals surface area contributed by atoms with E-state index in [1.807, 2.05) is 24.3 Å². The Balaban J connectivity index is 1.52. The van der Waals surface area contributed by atoms with Crippen LogP contribution in [0.25, 0.3) is 5.69 Å². The van der Waals surface area contributed by atoms with Crippen LogP contribution in [0.2, 0.25) is 0 Å². The van der Waals surface area contributed by atoms with Crippen molar-refractivity contribution in [2.45, 2.75) is 24.9 Å². The number of benzene rings is 1. The average Bonchev–Trinajstić information content (AvgIpc) is 3.09. The molecule has 3 heterocycles. The van der Waals surface area contributed by atoms with Crippen molar-refractivity contribution in [1.29, 1.82) is 0 Å². The van der Waals surface area contributed by atoms with Crippen molar-refractivity contribution in [3.8, 4) is 11.4 Å². The fraction of sp³-hybridized carbons (Fsp3) is 0.467. The number of fused-ring (bicyclic) bond motifs is 2. The summed E-state index contributed by atoms with van der Waals surface area (Å²) in [6.45, 7) is 3.49. The zero-order chi connectivity index (χ0) is 13.4. The van der Waals surface area contributed by atoms with Crippen LogP contribution in [0.15, 0.2) is 36.9 Å². The third kappa shape index (κ3) is 2.08. The predicted molar refractivity (Wildman–Crippen MR) is 75.0 cm³/mol. The Morgan fingerprint density at radius 3 is 2.80 bits per heavy atom. The molecule has 20 heavy (non-hydrogen) atoms. The SMILES string of the molecule is c1ncn(-c2ccc(O[C@]34CCCN(CC3)C4)cc2)n1. The first-order valence-electron chi connectivity index (χ1n) is 7.20. The van der Waals surface area contributed by atoms with Crippen molar-refractivity contribution in [2.24, 2.45) is 0 Å². The number of hydrogen-bond acceptors (Lipinski definition) is 4. The highest BCUT2D eigenvalue weighted by atomic mass is 16.5. The second-order valence-electron chi connectivity index (χ2n) is 5.75. The van der Waals surface area contributed by atoms with Crippen LogP contribution in [0.3, 0.4) is 0 Å². The van der Waals surface area contributed by atoms with E-state index in [-0.39, 0.29) is 5.60 Å². The van der Waals surface area contributed by atoms with Gasteiger partial charge >= 0.3 is 0 Å². The minimum absolute atomic E-state index is 0.0486. The second-order valence-corrected chi connectivity index (χ2v) is 5.75. The lowest BCUT2D eigenvalue weighted by Crippen LogP contribution is -2.43. The number of piperidine rings is 1. The van der Waals surface area contributed by atoms with Gasteiger partial charge in [0.2, 0.25) is 0 Å². The molecule has 2 aliphatic rings. The summed E-state index contributed by atoms with van der Waals surface area (Å²) in [5.74, 6) is 0.956. The summed E-state index contributed by atoms with van der Waals surface area (Å²) in [6.07, 6.45) is 6.81. The maximum atomic E-state index is 6.32. The summed E-state index contributed by atoms with van der Waals surface area (Å²) >= 11 is 0. The quantitative estimate of drug-likeness (QED) is 0.854. The van der Waals surface area contributed by atoms with Crippen LogP contribution < -0.4 is 4.74 Å². The van der Waals surface area contributed by atoms with Crippen molar-refractivity contribution >= 4 is 0 Å². The topological polar surface area (TPSA) is 43.2 Å². The number of hydrogen-bond donors (Lipinski definition) is 0. The molecule has 0 N–H and O–H groups in total. The molecule has 2 aliphatic heterocycles. The van der Waals surface area contributed by atoms with Gasteiger partial charge in [-0.05, 0) is 43.7 Å². The molecule has 2 bridgehead atoms. The highest BCUT2D eigenvalue weighted by Gasteiger charge is 2.42. The highest BCUT2D eigenvalue weighted by molar-refractivity contribution is 5.36. The van der Waals surface area contributed by atoms with Gasteiger partial charge in [-0.3, -0.25) is 4.90 Å². The molecule has 4 rings (SSSR count). The first kappa shape index (κ1) is 11.9. The molecular weight excluding hydrogens is 252 g/mol. The first-order chi connectivity index (χ1) is 9.83. The molecule has 1 aromatic carbocycles. The molecule has 5 heteroatoms. The molecule has 1 unspecified atom stereocenters. The van der Waals surface area contributed by atoms with Crippen molar-refractivity contribution in [1.82, 2.24) is 19.7 Å². The van der Waals surface area contributed by atoms with E-state index in [1.54, 1.807) is 17.3 Å². The molecule has 0 radical (unpaired) electrons. The Bertz CT molecular complexity index is 576. The fourth-order valence-electron chi connectivity index (χ4n) is 3.34. The molecule has 2 aromatic rings. The molecule has 0 aliphatic carbocycles. The maximum Gasteiger partial charge on any atom is 0.138 e. The van der Waals surface area contributed by atoms with Crippen LogP contribution in [-0.2, 0) is 0 Å². The summed E-state index contributed by atoms with van der Waals surface area (Å²) in [5.41, 5.74) is 1.05. The molecule has 2 saturated heterocycles. The second kappa shape index (κ2) is 4.59. The van der Waals surface area contributed by atoms with E-state index < -0.39 is 0 Å². The molecule has 104 valence electrons. The van der Waals surface area contributed by atoms with Gasteiger partial charge in [-0.25, -0.2) is 9.67 Å². The number of ether oxygens (including phenoxy) is 1. The Hall–Kier alpha value is -1.88. The summed E-state index contributed by atoms with van der Waals surface area (Å²) in [4.78, 5) is 6.47. The summed E-state index contributed by atoms with van der Waals surface area (Å²) in [7, 11) is 0. The Kier molecular flexibility index (Phi) is 2.73. The van der Waals surface area contributed by atoms with Gasteiger partial charge in [0.25, 0.3) is 0 Å². The molecule has 0 amide bonds. The summed E-state index contributed by atoms with van der Waals surface area (Å²) < 4.78 is 8.07. The largest absolute Gasteiger partial charge is 0.486 e.